The van der Waals surface area contributed by atoms with E-state index in [-0.39, 0.29) is 6.54 Å². The molecule has 1 heterocycles. The summed E-state index contributed by atoms with van der Waals surface area (Å²) < 4.78 is 14.6. The van der Waals surface area contributed by atoms with Crippen LogP contribution in [0.15, 0.2) is 58.1 Å². The molecule has 3 rings (SSSR count). The second kappa shape index (κ2) is 4.77. The van der Waals surface area contributed by atoms with Crippen LogP contribution in [0.4, 0.5) is 4.39 Å². The molecule has 0 saturated heterocycles. The van der Waals surface area contributed by atoms with Gasteiger partial charge in [-0.05, 0) is 23.8 Å². The summed E-state index contributed by atoms with van der Waals surface area (Å²) in [6.07, 6.45) is 0. The van der Waals surface area contributed by atoms with Crippen molar-refractivity contribution in [3.8, 4) is 0 Å². The lowest BCUT2D eigenvalue weighted by Gasteiger charge is -2.09. The molecule has 1 aromatic heterocycles. The summed E-state index contributed by atoms with van der Waals surface area (Å²) in [5, 5.41) is 0. The molecule has 0 fully saturated rings. The molecule has 0 spiro atoms. The first kappa shape index (κ1) is 12.3. The van der Waals surface area contributed by atoms with Gasteiger partial charge in [0, 0.05) is 0 Å². The molecule has 0 radical (unpaired) electrons. The van der Waals surface area contributed by atoms with E-state index in [1.54, 1.807) is 0 Å². The van der Waals surface area contributed by atoms with E-state index >= 15 is 0 Å². The maximum Gasteiger partial charge on any atom is 0.317 e. The molecule has 0 atom stereocenters. The molecule has 20 heavy (non-hydrogen) atoms. The van der Waals surface area contributed by atoms with Crippen molar-refractivity contribution in [2.45, 2.75) is 6.54 Å². The van der Waals surface area contributed by atoms with Gasteiger partial charge >= 0.3 is 11.1 Å². The van der Waals surface area contributed by atoms with E-state index in [9.17, 15) is 14.0 Å². The summed E-state index contributed by atoms with van der Waals surface area (Å²) in [5.41, 5.74) is 0.309. The number of benzene rings is 2. The van der Waals surface area contributed by atoms with Crippen LogP contribution in [0, 0.1) is 5.82 Å². The lowest BCUT2D eigenvalue weighted by atomic mass is 10.2. The third-order valence-electron chi connectivity index (χ3n) is 3.12. The monoisotopic (exact) mass is 270 g/mol. The zero-order valence-electron chi connectivity index (χ0n) is 10.5. The lowest BCUT2D eigenvalue weighted by Crippen LogP contribution is -2.36. The maximum atomic E-state index is 13.2. The molecule has 100 valence electrons. The number of halogens is 1. The van der Waals surface area contributed by atoms with Gasteiger partial charge in [-0.1, -0.05) is 30.3 Å². The Morgan fingerprint density at radius 1 is 1.05 bits per heavy atom. The average Bonchev–Trinajstić information content (AvgIpc) is 2.45. The molecule has 0 amide bonds. The highest BCUT2D eigenvalue weighted by atomic mass is 19.1. The lowest BCUT2D eigenvalue weighted by molar-refractivity contribution is 0.628. The summed E-state index contributed by atoms with van der Waals surface area (Å²) in [7, 11) is 0. The van der Waals surface area contributed by atoms with Gasteiger partial charge in [0.25, 0.3) is 0 Å². The number of fused-ring (bicyclic) bond motifs is 1. The summed E-state index contributed by atoms with van der Waals surface area (Å²) in [5.74, 6) is -0.460. The van der Waals surface area contributed by atoms with Crippen LogP contribution < -0.4 is 11.1 Å². The van der Waals surface area contributed by atoms with Crippen LogP contribution in [0.5, 0.6) is 0 Å². The zero-order valence-corrected chi connectivity index (χ0v) is 10.5. The van der Waals surface area contributed by atoms with Gasteiger partial charge in [-0.3, -0.25) is 14.2 Å². The van der Waals surface area contributed by atoms with Crippen LogP contribution in [0.25, 0.3) is 11.0 Å². The van der Waals surface area contributed by atoms with E-state index in [2.05, 4.69) is 4.98 Å². The van der Waals surface area contributed by atoms with Crippen LogP contribution in [0.1, 0.15) is 5.56 Å². The fourth-order valence-corrected chi connectivity index (χ4v) is 2.17. The largest absolute Gasteiger partial charge is 0.317 e. The number of nitrogens with zero attached hydrogens (tertiary/aromatic N) is 1. The molecule has 0 saturated carbocycles. The number of hydrogen-bond donors (Lipinski definition) is 1. The molecule has 1 N–H and O–H groups in total. The molecule has 0 unspecified atom stereocenters. The molecule has 5 heteroatoms. The number of hydrogen-bond acceptors (Lipinski definition) is 2. The fourth-order valence-electron chi connectivity index (χ4n) is 2.17. The van der Waals surface area contributed by atoms with Crippen molar-refractivity contribution in [1.82, 2.24) is 9.55 Å². The van der Waals surface area contributed by atoms with E-state index in [0.29, 0.717) is 11.0 Å². The van der Waals surface area contributed by atoms with Crippen LogP contribution in [0.3, 0.4) is 0 Å². The van der Waals surface area contributed by atoms with E-state index in [1.165, 1.54) is 22.8 Å². The molecule has 3 aromatic rings. The van der Waals surface area contributed by atoms with Crippen molar-refractivity contribution >= 4 is 11.0 Å². The predicted octanol–water partition coefficient (Wildman–Crippen LogP) is 1.88. The van der Waals surface area contributed by atoms with E-state index in [4.69, 9.17) is 0 Å². The Morgan fingerprint density at radius 3 is 2.55 bits per heavy atom. The van der Waals surface area contributed by atoms with Gasteiger partial charge in [0.1, 0.15) is 5.82 Å². The van der Waals surface area contributed by atoms with Crippen molar-refractivity contribution in [2.75, 3.05) is 0 Å². The maximum absolute atomic E-state index is 13.2. The number of H-pyrrole nitrogens is 1. The van der Waals surface area contributed by atoms with Gasteiger partial charge in [-0.25, -0.2) is 4.39 Å². The van der Waals surface area contributed by atoms with Crippen molar-refractivity contribution in [1.29, 1.82) is 0 Å². The third-order valence-corrected chi connectivity index (χ3v) is 3.12. The van der Waals surface area contributed by atoms with E-state index < -0.39 is 16.9 Å². The standard InChI is InChI=1S/C15H11FN2O2/c16-11-6-7-13-12(8-11)17-14(19)15(20)18(13)9-10-4-2-1-3-5-10/h1-8H,9H2,(H,17,19). The highest BCUT2D eigenvalue weighted by molar-refractivity contribution is 5.74. The van der Waals surface area contributed by atoms with Crippen molar-refractivity contribution in [3.05, 3.63) is 80.6 Å². The van der Waals surface area contributed by atoms with Gasteiger partial charge in [0.05, 0.1) is 17.6 Å². The van der Waals surface area contributed by atoms with Gasteiger partial charge < -0.3 is 4.98 Å². The summed E-state index contributed by atoms with van der Waals surface area (Å²) in [4.78, 5) is 26.0. The molecule has 0 bridgehead atoms. The molecular weight excluding hydrogens is 259 g/mol. The molecule has 4 nitrogen and oxygen atoms in total. The van der Waals surface area contributed by atoms with Crippen molar-refractivity contribution < 1.29 is 4.39 Å². The first-order valence-corrected chi connectivity index (χ1v) is 6.11. The minimum atomic E-state index is -0.751. The Balaban J connectivity index is 2.26. The molecule has 2 aromatic carbocycles. The normalized spacial score (nSPS) is 10.8. The molecular formula is C15H11FN2O2. The Kier molecular flexibility index (Phi) is 2.95. The van der Waals surface area contributed by atoms with Gasteiger partial charge in [-0.15, -0.1) is 0 Å². The number of aromatic nitrogens is 2. The van der Waals surface area contributed by atoms with Gasteiger partial charge in [-0.2, -0.15) is 0 Å². The highest BCUT2D eigenvalue weighted by Crippen LogP contribution is 2.12. The third kappa shape index (κ3) is 2.14. The molecule has 0 aliphatic heterocycles. The van der Waals surface area contributed by atoms with Crippen LogP contribution in [0.2, 0.25) is 0 Å². The van der Waals surface area contributed by atoms with Crippen molar-refractivity contribution in [3.63, 3.8) is 0 Å². The Labute approximate surface area is 113 Å². The Bertz CT molecular complexity index is 882. The van der Waals surface area contributed by atoms with Gasteiger partial charge in [0.15, 0.2) is 0 Å². The quantitative estimate of drug-likeness (QED) is 0.723. The predicted molar refractivity (Wildman–Crippen MR) is 74.3 cm³/mol. The van der Waals surface area contributed by atoms with Crippen LogP contribution in [-0.4, -0.2) is 9.55 Å². The summed E-state index contributed by atoms with van der Waals surface area (Å²) in [6, 6.07) is 13.3. The highest BCUT2D eigenvalue weighted by Gasteiger charge is 2.08. The Morgan fingerprint density at radius 2 is 1.80 bits per heavy atom. The minimum absolute atomic E-state index is 0.270. The molecule has 0 aliphatic rings. The fraction of sp³-hybridized carbons (Fsp3) is 0.0667. The van der Waals surface area contributed by atoms with Crippen molar-refractivity contribution in [2.24, 2.45) is 0 Å². The van der Waals surface area contributed by atoms with E-state index in [1.807, 2.05) is 30.3 Å². The number of nitrogens with one attached hydrogen (secondary N) is 1. The summed E-state index contributed by atoms with van der Waals surface area (Å²) >= 11 is 0. The summed E-state index contributed by atoms with van der Waals surface area (Å²) in [6.45, 7) is 0.270. The second-order valence-corrected chi connectivity index (χ2v) is 4.49. The first-order chi connectivity index (χ1) is 9.65. The number of aromatic amines is 1. The zero-order chi connectivity index (χ0) is 14.1. The van der Waals surface area contributed by atoms with Crippen LogP contribution in [-0.2, 0) is 6.54 Å². The second-order valence-electron chi connectivity index (χ2n) is 4.49. The topological polar surface area (TPSA) is 54.9 Å². The first-order valence-electron chi connectivity index (χ1n) is 6.11. The smallest absolute Gasteiger partial charge is 0.316 e. The number of rotatable bonds is 2. The van der Waals surface area contributed by atoms with Gasteiger partial charge in [0.2, 0.25) is 0 Å². The molecule has 0 aliphatic carbocycles. The van der Waals surface area contributed by atoms with E-state index in [0.717, 1.165) is 5.56 Å². The minimum Gasteiger partial charge on any atom is -0.316 e. The van der Waals surface area contributed by atoms with Crippen LogP contribution >= 0.6 is 0 Å². The SMILES string of the molecule is O=c1[nH]c2cc(F)ccc2n(Cc2ccccc2)c1=O. The average molecular weight is 270 g/mol. The Hall–Kier alpha value is -2.69.